The molecule has 0 saturated carbocycles. The van der Waals surface area contributed by atoms with E-state index in [0.717, 1.165) is 12.3 Å². The average molecular weight is 292 g/mol. The minimum Gasteiger partial charge on any atom is -0.277 e. The van der Waals surface area contributed by atoms with Crippen LogP contribution in [0.15, 0.2) is 24.9 Å². The SMILES string of the molecule is C=C(c1ccc(C(F)(F)F)nc1)N(C)OC.CC.CC. The molecule has 1 heterocycles. The summed E-state index contributed by atoms with van der Waals surface area (Å²) < 4.78 is 36.7. The molecule has 116 valence electrons. The van der Waals surface area contributed by atoms with Gasteiger partial charge in [-0.1, -0.05) is 34.3 Å². The van der Waals surface area contributed by atoms with Crippen LogP contribution in [0.4, 0.5) is 13.2 Å². The van der Waals surface area contributed by atoms with Gasteiger partial charge in [-0.2, -0.15) is 13.2 Å². The highest BCUT2D eigenvalue weighted by Crippen LogP contribution is 2.28. The third-order valence-corrected chi connectivity index (χ3v) is 2.04. The second-order valence-electron chi connectivity index (χ2n) is 3.06. The molecule has 0 saturated heterocycles. The van der Waals surface area contributed by atoms with Crippen molar-refractivity contribution in [3.05, 3.63) is 36.2 Å². The molecule has 0 atom stereocenters. The molecule has 6 heteroatoms. The number of hydrogen-bond donors (Lipinski definition) is 0. The predicted molar refractivity (Wildman–Crippen MR) is 75.7 cm³/mol. The molecule has 0 radical (unpaired) electrons. The molecule has 0 aliphatic heterocycles. The Labute approximate surface area is 119 Å². The highest BCUT2D eigenvalue weighted by molar-refractivity contribution is 5.59. The van der Waals surface area contributed by atoms with E-state index >= 15 is 0 Å². The summed E-state index contributed by atoms with van der Waals surface area (Å²) in [6, 6.07) is 2.21. The number of halogens is 3. The Morgan fingerprint density at radius 2 is 1.70 bits per heavy atom. The summed E-state index contributed by atoms with van der Waals surface area (Å²) in [6.45, 7) is 11.7. The van der Waals surface area contributed by atoms with Gasteiger partial charge in [0.25, 0.3) is 0 Å². The maximum atomic E-state index is 12.2. The fourth-order valence-electron chi connectivity index (χ4n) is 1.02. The average Bonchev–Trinajstić information content (AvgIpc) is 2.49. The fourth-order valence-corrected chi connectivity index (χ4v) is 1.02. The molecule has 1 aromatic rings. The summed E-state index contributed by atoms with van der Waals surface area (Å²) in [5.74, 6) is 0. The molecule has 0 bridgehead atoms. The van der Waals surface area contributed by atoms with Crippen LogP contribution in [0, 0.1) is 0 Å². The van der Waals surface area contributed by atoms with Crippen LogP contribution in [0.2, 0.25) is 0 Å². The third-order valence-electron chi connectivity index (χ3n) is 2.04. The van der Waals surface area contributed by atoms with Crippen LogP contribution in [-0.4, -0.2) is 24.2 Å². The van der Waals surface area contributed by atoms with Gasteiger partial charge in [0.15, 0.2) is 0 Å². The molecule has 0 N–H and O–H groups in total. The van der Waals surface area contributed by atoms with Gasteiger partial charge in [0.2, 0.25) is 0 Å². The lowest BCUT2D eigenvalue weighted by atomic mass is 10.2. The predicted octanol–water partition coefficient (Wildman–Crippen LogP) is 4.62. The lowest BCUT2D eigenvalue weighted by molar-refractivity contribution is -0.141. The topological polar surface area (TPSA) is 25.4 Å². The molecule has 0 fully saturated rings. The molecule has 0 unspecified atom stereocenters. The number of hydroxylamine groups is 2. The van der Waals surface area contributed by atoms with Crippen molar-refractivity contribution in [1.29, 1.82) is 0 Å². The van der Waals surface area contributed by atoms with Crippen molar-refractivity contribution in [1.82, 2.24) is 10.0 Å². The van der Waals surface area contributed by atoms with Crippen molar-refractivity contribution < 1.29 is 18.0 Å². The summed E-state index contributed by atoms with van der Waals surface area (Å²) in [5, 5.41) is 1.34. The maximum Gasteiger partial charge on any atom is 0.433 e. The summed E-state index contributed by atoms with van der Waals surface area (Å²) in [5.41, 5.74) is -0.0230. The van der Waals surface area contributed by atoms with Gasteiger partial charge >= 0.3 is 6.18 Å². The summed E-state index contributed by atoms with van der Waals surface area (Å²) in [6.07, 6.45) is -3.31. The van der Waals surface area contributed by atoms with Crippen molar-refractivity contribution in [2.45, 2.75) is 33.9 Å². The molecular formula is C14H23F3N2O. The van der Waals surface area contributed by atoms with Crippen molar-refractivity contribution in [2.24, 2.45) is 0 Å². The first-order valence-corrected chi connectivity index (χ1v) is 6.36. The highest BCUT2D eigenvalue weighted by Gasteiger charge is 2.32. The number of nitrogens with zero attached hydrogens (tertiary/aromatic N) is 2. The van der Waals surface area contributed by atoms with Crippen LogP contribution in [0.3, 0.4) is 0 Å². The van der Waals surface area contributed by atoms with Crippen molar-refractivity contribution >= 4 is 5.70 Å². The van der Waals surface area contributed by atoms with Gasteiger partial charge in [0.1, 0.15) is 5.69 Å². The molecule has 1 rings (SSSR count). The smallest absolute Gasteiger partial charge is 0.277 e. The van der Waals surface area contributed by atoms with E-state index in [-0.39, 0.29) is 0 Å². The molecular weight excluding hydrogens is 269 g/mol. The number of aromatic nitrogens is 1. The molecule has 0 aromatic carbocycles. The minimum absolute atomic E-state index is 0.434. The Kier molecular flexibility index (Phi) is 10.6. The second-order valence-corrected chi connectivity index (χ2v) is 3.06. The highest BCUT2D eigenvalue weighted by atomic mass is 19.4. The van der Waals surface area contributed by atoms with Gasteiger partial charge in [0, 0.05) is 18.8 Å². The first kappa shape index (κ1) is 20.8. The quantitative estimate of drug-likeness (QED) is 0.760. The van der Waals surface area contributed by atoms with E-state index in [0.29, 0.717) is 11.3 Å². The molecule has 1 aromatic heterocycles. The van der Waals surface area contributed by atoms with Crippen LogP contribution in [-0.2, 0) is 11.0 Å². The zero-order valence-corrected chi connectivity index (χ0v) is 12.9. The monoisotopic (exact) mass is 292 g/mol. The van der Waals surface area contributed by atoms with E-state index in [4.69, 9.17) is 4.84 Å². The van der Waals surface area contributed by atoms with Gasteiger partial charge in [-0.15, -0.1) is 0 Å². The molecule has 0 aliphatic carbocycles. The van der Waals surface area contributed by atoms with Crippen molar-refractivity contribution in [3.63, 3.8) is 0 Å². The largest absolute Gasteiger partial charge is 0.433 e. The van der Waals surface area contributed by atoms with E-state index in [1.807, 2.05) is 27.7 Å². The first-order chi connectivity index (χ1) is 9.36. The molecule has 0 aliphatic rings. The Balaban J connectivity index is 0. The second kappa shape index (κ2) is 10.3. The Morgan fingerprint density at radius 1 is 1.20 bits per heavy atom. The summed E-state index contributed by atoms with van der Waals surface area (Å²) in [7, 11) is 3.03. The van der Waals surface area contributed by atoms with Crippen molar-refractivity contribution in [2.75, 3.05) is 14.2 Å². The van der Waals surface area contributed by atoms with Gasteiger partial charge in [0.05, 0.1) is 12.8 Å². The van der Waals surface area contributed by atoms with Crippen LogP contribution < -0.4 is 0 Å². The standard InChI is InChI=1S/C10H11F3N2O.2C2H6/c1-7(15(2)16-3)8-4-5-9(14-6-8)10(11,12)13;2*1-2/h4-6H,1H2,2-3H3;2*1-2H3. The zero-order valence-electron chi connectivity index (χ0n) is 12.9. The van der Waals surface area contributed by atoms with Crippen LogP contribution in [0.1, 0.15) is 39.0 Å². The lowest BCUT2D eigenvalue weighted by Gasteiger charge is -2.18. The Bertz CT molecular complexity index is 375. The maximum absolute atomic E-state index is 12.2. The van der Waals surface area contributed by atoms with Crippen LogP contribution in [0.25, 0.3) is 5.70 Å². The number of pyridine rings is 1. The number of rotatable bonds is 3. The van der Waals surface area contributed by atoms with E-state index in [2.05, 4.69) is 11.6 Å². The first-order valence-electron chi connectivity index (χ1n) is 6.36. The lowest BCUT2D eigenvalue weighted by Crippen LogP contribution is -2.15. The molecule has 20 heavy (non-hydrogen) atoms. The fraction of sp³-hybridized carbons (Fsp3) is 0.500. The normalized spacial score (nSPS) is 9.65. The summed E-state index contributed by atoms with van der Waals surface area (Å²) >= 11 is 0. The Morgan fingerprint density at radius 3 is 2.00 bits per heavy atom. The Hall–Kier alpha value is -1.56. The molecule has 0 spiro atoms. The third kappa shape index (κ3) is 6.56. The van der Waals surface area contributed by atoms with Gasteiger partial charge in [-0.25, -0.2) is 0 Å². The van der Waals surface area contributed by atoms with Gasteiger partial charge in [-0.3, -0.25) is 14.9 Å². The van der Waals surface area contributed by atoms with E-state index in [1.165, 1.54) is 18.2 Å². The van der Waals surface area contributed by atoms with E-state index < -0.39 is 11.9 Å². The molecule has 0 amide bonds. The van der Waals surface area contributed by atoms with Gasteiger partial charge in [-0.05, 0) is 12.1 Å². The van der Waals surface area contributed by atoms with Crippen LogP contribution >= 0.6 is 0 Å². The van der Waals surface area contributed by atoms with Gasteiger partial charge < -0.3 is 0 Å². The minimum atomic E-state index is -4.42. The van der Waals surface area contributed by atoms with Crippen molar-refractivity contribution in [3.8, 4) is 0 Å². The van der Waals surface area contributed by atoms with E-state index in [1.54, 1.807) is 7.05 Å². The summed E-state index contributed by atoms with van der Waals surface area (Å²) in [4.78, 5) is 8.17. The number of alkyl halides is 3. The number of hydrogen-bond acceptors (Lipinski definition) is 3. The zero-order chi connectivity index (χ0) is 16.3. The molecule has 3 nitrogen and oxygen atoms in total. The van der Waals surface area contributed by atoms with Crippen LogP contribution in [0.5, 0.6) is 0 Å². The van der Waals surface area contributed by atoms with E-state index in [9.17, 15) is 13.2 Å².